The number of pyridine rings is 1. The first kappa shape index (κ1) is 9.19. The van der Waals surface area contributed by atoms with Crippen LogP contribution in [0.2, 0.25) is 0 Å². The van der Waals surface area contributed by atoms with Crippen molar-refractivity contribution < 1.29 is 4.79 Å². The van der Waals surface area contributed by atoms with E-state index in [-0.39, 0.29) is 5.91 Å². The molecule has 0 atom stereocenters. The molecule has 0 aromatic carbocycles. The molecule has 14 heavy (non-hydrogen) atoms. The number of hydrogen-bond acceptors (Lipinski definition) is 2. The number of aryl methyl sites for hydroxylation is 1. The zero-order valence-electron chi connectivity index (χ0n) is 8.50. The number of nitrogens with one attached hydrogen (secondary N) is 1. The third-order valence-corrected chi connectivity index (χ3v) is 2.47. The first-order valence-corrected chi connectivity index (χ1v) is 4.96. The van der Waals surface area contributed by atoms with Crippen LogP contribution in [0.15, 0.2) is 12.1 Å². The molecule has 3 nitrogen and oxygen atoms in total. The highest BCUT2D eigenvalue weighted by atomic mass is 16.1. The Morgan fingerprint density at radius 3 is 2.86 bits per heavy atom. The normalized spacial score (nSPS) is 15.2. The number of carbonyl (C=O) groups is 1. The van der Waals surface area contributed by atoms with E-state index in [1.165, 1.54) is 0 Å². The number of fused-ring (bicyclic) bond motifs is 1. The highest BCUT2D eigenvalue weighted by Gasteiger charge is 2.16. The van der Waals surface area contributed by atoms with Crippen molar-refractivity contribution in [1.29, 1.82) is 0 Å². The van der Waals surface area contributed by atoms with E-state index in [4.69, 9.17) is 0 Å². The Morgan fingerprint density at radius 2 is 2.14 bits per heavy atom. The first-order valence-electron chi connectivity index (χ1n) is 4.96. The Labute approximate surface area is 83.5 Å². The molecule has 1 aliphatic rings. The Morgan fingerprint density at radius 1 is 1.36 bits per heavy atom. The molecule has 0 bridgehead atoms. The third kappa shape index (κ3) is 1.62. The van der Waals surface area contributed by atoms with Crippen molar-refractivity contribution in [2.45, 2.75) is 32.6 Å². The lowest BCUT2D eigenvalue weighted by Crippen LogP contribution is -2.20. The fraction of sp³-hybridized carbons (Fsp3) is 0.455. The van der Waals surface area contributed by atoms with Gasteiger partial charge in [0.2, 0.25) is 5.91 Å². The van der Waals surface area contributed by atoms with Crippen LogP contribution in [-0.4, -0.2) is 10.9 Å². The standard InChI is InChI=1S/C11H14N2O/c1-7(2)9-5-3-8-4-6-10(14)13-11(8)12-9/h3,5,7H,4,6H2,1-2H3,(H,12,13,14). The van der Waals surface area contributed by atoms with Gasteiger partial charge in [0.15, 0.2) is 0 Å². The molecule has 1 aromatic heterocycles. The Kier molecular flexibility index (Phi) is 2.23. The number of anilines is 1. The van der Waals surface area contributed by atoms with Gasteiger partial charge in [-0.15, -0.1) is 0 Å². The van der Waals surface area contributed by atoms with E-state index < -0.39 is 0 Å². The summed E-state index contributed by atoms with van der Waals surface area (Å²) in [5.41, 5.74) is 2.18. The van der Waals surface area contributed by atoms with Gasteiger partial charge in [-0.2, -0.15) is 0 Å². The fourth-order valence-electron chi connectivity index (χ4n) is 1.58. The Bertz CT molecular complexity index is 372. The lowest BCUT2D eigenvalue weighted by molar-refractivity contribution is -0.116. The lowest BCUT2D eigenvalue weighted by Gasteiger charge is -2.17. The number of carbonyl (C=O) groups excluding carboxylic acids is 1. The molecule has 3 heteroatoms. The predicted octanol–water partition coefficient (Wildman–Crippen LogP) is 2.09. The molecule has 0 aliphatic carbocycles. The van der Waals surface area contributed by atoms with Crippen LogP contribution in [0.4, 0.5) is 5.82 Å². The van der Waals surface area contributed by atoms with Crippen molar-refractivity contribution in [2.75, 3.05) is 5.32 Å². The quantitative estimate of drug-likeness (QED) is 0.736. The van der Waals surface area contributed by atoms with Crippen LogP contribution in [0.3, 0.4) is 0 Å². The van der Waals surface area contributed by atoms with Crippen molar-refractivity contribution in [3.63, 3.8) is 0 Å². The van der Waals surface area contributed by atoms with Gasteiger partial charge in [0.25, 0.3) is 0 Å². The smallest absolute Gasteiger partial charge is 0.225 e. The van der Waals surface area contributed by atoms with Gasteiger partial charge in [-0.1, -0.05) is 19.9 Å². The topological polar surface area (TPSA) is 42.0 Å². The highest BCUT2D eigenvalue weighted by Crippen LogP contribution is 2.22. The number of hydrogen-bond donors (Lipinski definition) is 1. The van der Waals surface area contributed by atoms with E-state index in [1.54, 1.807) is 0 Å². The average molecular weight is 190 g/mol. The van der Waals surface area contributed by atoms with Gasteiger partial charge in [0, 0.05) is 12.1 Å². The molecule has 1 amide bonds. The van der Waals surface area contributed by atoms with Crippen molar-refractivity contribution in [2.24, 2.45) is 0 Å². The molecule has 0 radical (unpaired) electrons. The second-order valence-electron chi connectivity index (χ2n) is 3.95. The van der Waals surface area contributed by atoms with Gasteiger partial charge in [0.05, 0.1) is 0 Å². The molecular formula is C11H14N2O. The van der Waals surface area contributed by atoms with E-state index >= 15 is 0 Å². The molecule has 2 heterocycles. The molecule has 0 fully saturated rings. The van der Waals surface area contributed by atoms with E-state index in [9.17, 15) is 4.79 Å². The van der Waals surface area contributed by atoms with E-state index in [0.717, 1.165) is 23.5 Å². The lowest BCUT2D eigenvalue weighted by atomic mass is 10.0. The first-order chi connectivity index (χ1) is 6.66. The maximum Gasteiger partial charge on any atom is 0.225 e. The zero-order valence-corrected chi connectivity index (χ0v) is 8.50. The summed E-state index contributed by atoms with van der Waals surface area (Å²) in [4.78, 5) is 15.6. The van der Waals surface area contributed by atoms with Gasteiger partial charge in [0.1, 0.15) is 5.82 Å². The Hall–Kier alpha value is -1.38. The van der Waals surface area contributed by atoms with Crippen LogP contribution >= 0.6 is 0 Å². The van der Waals surface area contributed by atoms with Crippen molar-refractivity contribution in [3.8, 4) is 0 Å². The van der Waals surface area contributed by atoms with Crippen LogP contribution in [0.1, 0.15) is 37.4 Å². The molecule has 0 saturated heterocycles. The highest BCUT2D eigenvalue weighted by molar-refractivity contribution is 5.92. The number of amides is 1. The Balaban J connectivity index is 2.37. The van der Waals surface area contributed by atoms with Crippen molar-refractivity contribution >= 4 is 11.7 Å². The largest absolute Gasteiger partial charge is 0.310 e. The van der Waals surface area contributed by atoms with Gasteiger partial charge in [-0.05, 0) is 24.0 Å². The van der Waals surface area contributed by atoms with E-state index in [0.29, 0.717) is 12.3 Å². The van der Waals surface area contributed by atoms with Crippen LogP contribution in [0.25, 0.3) is 0 Å². The average Bonchev–Trinajstić information content (AvgIpc) is 2.16. The summed E-state index contributed by atoms with van der Waals surface area (Å²) in [6, 6.07) is 4.11. The van der Waals surface area contributed by atoms with E-state index in [1.807, 2.05) is 6.07 Å². The number of rotatable bonds is 1. The molecule has 1 N–H and O–H groups in total. The molecule has 0 unspecified atom stereocenters. The zero-order chi connectivity index (χ0) is 10.1. The van der Waals surface area contributed by atoms with Crippen LogP contribution in [-0.2, 0) is 11.2 Å². The van der Waals surface area contributed by atoms with E-state index in [2.05, 4.69) is 30.2 Å². The number of aromatic nitrogens is 1. The summed E-state index contributed by atoms with van der Waals surface area (Å²) < 4.78 is 0. The van der Waals surface area contributed by atoms with Crippen LogP contribution < -0.4 is 5.32 Å². The SMILES string of the molecule is CC(C)c1ccc2c(n1)NC(=O)CC2. The minimum absolute atomic E-state index is 0.0749. The molecule has 0 spiro atoms. The minimum Gasteiger partial charge on any atom is -0.310 e. The molecular weight excluding hydrogens is 176 g/mol. The molecule has 0 saturated carbocycles. The predicted molar refractivity (Wildman–Crippen MR) is 55.3 cm³/mol. The van der Waals surface area contributed by atoms with Gasteiger partial charge in [-0.25, -0.2) is 4.98 Å². The number of nitrogens with zero attached hydrogens (tertiary/aromatic N) is 1. The summed E-state index contributed by atoms with van der Waals surface area (Å²) in [5.74, 6) is 1.23. The third-order valence-electron chi connectivity index (χ3n) is 2.47. The van der Waals surface area contributed by atoms with Gasteiger partial charge in [-0.3, -0.25) is 4.79 Å². The summed E-state index contributed by atoms with van der Waals surface area (Å²) in [5, 5.41) is 2.81. The minimum atomic E-state index is 0.0749. The van der Waals surface area contributed by atoms with Crippen LogP contribution in [0.5, 0.6) is 0 Å². The summed E-state index contributed by atoms with van der Waals surface area (Å²) in [6.45, 7) is 4.19. The maximum absolute atomic E-state index is 11.2. The van der Waals surface area contributed by atoms with Crippen LogP contribution in [0, 0.1) is 0 Å². The second kappa shape index (κ2) is 3.40. The fourth-order valence-corrected chi connectivity index (χ4v) is 1.58. The van der Waals surface area contributed by atoms with Crippen molar-refractivity contribution in [1.82, 2.24) is 4.98 Å². The van der Waals surface area contributed by atoms with Gasteiger partial charge < -0.3 is 5.32 Å². The maximum atomic E-state index is 11.2. The monoisotopic (exact) mass is 190 g/mol. The summed E-state index contributed by atoms with van der Waals surface area (Å²) in [7, 11) is 0. The second-order valence-corrected chi connectivity index (χ2v) is 3.95. The molecule has 2 rings (SSSR count). The molecule has 74 valence electrons. The van der Waals surface area contributed by atoms with Gasteiger partial charge >= 0.3 is 0 Å². The van der Waals surface area contributed by atoms with Crippen molar-refractivity contribution in [3.05, 3.63) is 23.4 Å². The molecule has 1 aliphatic heterocycles. The summed E-state index contributed by atoms with van der Waals surface area (Å²) in [6.07, 6.45) is 1.39. The molecule has 1 aromatic rings. The summed E-state index contributed by atoms with van der Waals surface area (Å²) >= 11 is 0.